The van der Waals surface area contributed by atoms with Gasteiger partial charge in [0.1, 0.15) is 0 Å². The van der Waals surface area contributed by atoms with Gasteiger partial charge in [-0.05, 0) is 30.5 Å². The third-order valence-electron chi connectivity index (χ3n) is 2.86. The van der Waals surface area contributed by atoms with Gasteiger partial charge in [0.2, 0.25) is 5.91 Å². The number of rotatable bonds is 3. The fraction of sp³-hybridized carbons (Fsp3) is 0.308. The molecule has 1 fully saturated rings. The molecule has 96 valence electrons. The predicted octanol–water partition coefficient (Wildman–Crippen LogP) is 2.65. The van der Waals surface area contributed by atoms with Gasteiger partial charge in [-0.3, -0.25) is 4.79 Å². The Morgan fingerprint density at radius 1 is 1.39 bits per heavy atom. The Labute approximate surface area is 115 Å². The monoisotopic (exact) mass is 285 g/mol. The molecule has 18 heavy (non-hydrogen) atoms. The van der Waals surface area contributed by atoms with Gasteiger partial charge in [0.25, 0.3) is 0 Å². The highest BCUT2D eigenvalue weighted by molar-refractivity contribution is 6.42. The van der Waals surface area contributed by atoms with Crippen LogP contribution in [0.1, 0.15) is 18.4 Å². The quantitative estimate of drug-likeness (QED) is 0.839. The highest BCUT2D eigenvalue weighted by Crippen LogP contribution is 2.26. The van der Waals surface area contributed by atoms with Crippen molar-refractivity contribution in [3.8, 4) is 0 Å². The van der Waals surface area contributed by atoms with Gasteiger partial charge in [0, 0.05) is 12.1 Å². The fourth-order valence-corrected chi connectivity index (χ4v) is 2.14. The van der Waals surface area contributed by atoms with E-state index in [2.05, 4.69) is 5.32 Å². The number of amides is 1. The third-order valence-corrected chi connectivity index (χ3v) is 3.69. The van der Waals surface area contributed by atoms with Crippen LogP contribution in [0.5, 0.6) is 0 Å². The van der Waals surface area contributed by atoms with Crippen LogP contribution in [0.2, 0.25) is 10.0 Å². The van der Waals surface area contributed by atoms with Gasteiger partial charge < -0.3 is 10.4 Å². The Balaban J connectivity index is 1.94. The number of hydrogen-bond acceptors (Lipinski definition) is 2. The largest absolute Gasteiger partial charge is 0.393 e. The van der Waals surface area contributed by atoms with Crippen molar-refractivity contribution in [1.29, 1.82) is 0 Å². The van der Waals surface area contributed by atoms with Crippen molar-refractivity contribution in [3.63, 3.8) is 0 Å². The molecule has 1 aromatic rings. The number of carbonyl (C=O) groups is 1. The third kappa shape index (κ3) is 3.25. The molecule has 1 saturated carbocycles. The van der Waals surface area contributed by atoms with E-state index in [4.69, 9.17) is 28.3 Å². The molecule has 2 N–H and O–H groups in total. The summed E-state index contributed by atoms with van der Waals surface area (Å²) in [5.74, 6) is -0.192. The maximum Gasteiger partial charge on any atom is 0.244 e. The molecule has 1 aliphatic carbocycles. The molecule has 1 amide bonds. The normalized spacial score (nSPS) is 22.8. The van der Waals surface area contributed by atoms with Crippen molar-refractivity contribution >= 4 is 35.2 Å². The molecule has 0 bridgehead atoms. The lowest BCUT2D eigenvalue weighted by Gasteiger charge is -2.31. The average molecular weight is 286 g/mol. The van der Waals surface area contributed by atoms with Crippen molar-refractivity contribution in [1.82, 2.24) is 5.32 Å². The molecule has 0 saturated heterocycles. The van der Waals surface area contributed by atoms with Crippen molar-refractivity contribution in [3.05, 3.63) is 39.9 Å². The number of hydrogen-bond donors (Lipinski definition) is 2. The molecule has 0 aromatic heterocycles. The molecule has 0 unspecified atom stereocenters. The summed E-state index contributed by atoms with van der Waals surface area (Å²) in [6.45, 7) is 0. The lowest BCUT2D eigenvalue weighted by molar-refractivity contribution is -0.118. The first-order chi connectivity index (χ1) is 8.56. The molecule has 2 rings (SSSR count). The summed E-state index contributed by atoms with van der Waals surface area (Å²) in [6.07, 6.45) is 4.01. The maximum absolute atomic E-state index is 11.6. The van der Waals surface area contributed by atoms with E-state index in [0.717, 1.165) is 0 Å². The van der Waals surface area contributed by atoms with E-state index in [-0.39, 0.29) is 18.1 Å². The smallest absolute Gasteiger partial charge is 0.244 e. The SMILES string of the molecule is O=C(C=Cc1cccc(Cl)c1Cl)NC1CC(O)C1. The van der Waals surface area contributed by atoms with Crippen LogP contribution in [0.15, 0.2) is 24.3 Å². The maximum atomic E-state index is 11.6. The van der Waals surface area contributed by atoms with Crippen LogP contribution < -0.4 is 5.32 Å². The van der Waals surface area contributed by atoms with Crippen LogP contribution in [0.3, 0.4) is 0 Å². The zero-order chi connectivity index (χ0) is 13.1. The average Bonchev–Trinajstić information content (AvgIpc) is 2.29. The van der Waals surface area contributed by atoms with E-state index in [1.807, 2.05) is 0 Å². The second-order valence-corrected chi connectivity index (χ2v) is 5.09. The Hall–Kier alpha value is -1.03. The van der Waals surface area contributed by atoms with E-state index in [1.54, 1.807) is 24.3 Å². The first kappa shape index (κ1) is 13.4. The van der Waals surface area contributed by atoms with Gasteiger partial charge in [-0.25, -0.2) is 0 Å². The lowest BCUT2D eigenvalue weighted by atomic mass is 9.89. The number of halogens is 2. The Morgan fingerprint density at radius 3 is 2.78 bits per heavy atom. The lowest BCUT2D eigenvalue weighted by Crippen LogP contribution is -2.46. The van der Waals surface area contributed by atoms with Gasteiger partial charge in [0.15, 0.2) is 0 Å². The second-order valence-electron chi connectivity index (χ2n) is 4.31. The summed E-state index contributed by atoms with van der Waals surface area (Å²) in [5.41, 5.74) is 0.702. The minimum atomic E-state index is -0.276. The molecule has 1 aliphatic rings. The molecule has 0 spiro atoms. The fourth-order valence-electron chi connectivity index (χ4n) is 1.77. The molecule has 0 aliphatic heterocycles. The van der Waals surface area contributed by atoms with Crippen LogP contribution in [-0.2, 0) is 4.79 Å². The van der Waals surface area contributed by atoms with Crippen molar-refractivity contribution in [2.24, 2.45) is 0 Å². The standard InChI is InChI=1S/C13H13Cl2NO2/c14-11-3-1-2-8(13(11)15)4-5-12(18)16-9-6-10(17)7-9/h1-5,9-10,17H,6-7H2,(H,16,18). The van der Waals surface area contributed by atoms with Crippen LogP contribution in [-0.4, -0.2) is 23.2 Å². The minimum Gasteiger partial charge on any atom is -0.393 e. The zero-order valence-corrected chi connectivity index (χ0v) is 11.1. The predicted molar refractivity (Wildman–Crippen MR) is 72.7 cm³/mol. The van der Waals surface area contributed by atoms with E-state index in [0.29, 0.717) is 28.5 Å². The van der Waals surface area contributed by atoms with Crippen LogP contribution in [0.25, 0.3) is 6.08 Å². The molecule has 1 aromatic carbocycles. The number of aliphatic hydroxyl groups excluding tert-OH is 1. The summed E-state index contributed by atoms with van der Waals surface area (Å²) in [6, 6.07) is 5.32. The second kappa shape index (κ2) is 5.74. The summed E-state index contributed by atoms with van der Waals surface area (Å²) in [4.78, 5) is 11.6. The Kier molecular flexibility index (Phi) is 4.27. The molecule has 0 atom stereocenters. The number of nitrogens with one attached hydrogen (secondary N) is 1. The molecule has 5 heteroatoms. The zero-order valence-electron chi connectivity index (χ0n) is 9.57. The number of benzene rings is 1. The van der Waals surface area contributed by atoms with Gasteiger partial charge in [-0.2, -0.15) is 0 Å². The van der Waals surface area contributed by atoms with Gasteiger partial charge in [-0.15, -0.1) is 0 Å². The van der Waals surface area contributed by atoms with Crippen LogP contribution in [0, 0.1) is 0 Å². The van der Waals surface area contributed by atoms with Gasteiger partial charge in [0.05, 0.1) is 16.1 Å². The van der Waals surface area contributed by atoms with E-state index < -0.39 is 0 Å². The molecular weight excluding hydrogens is 273 g/mol. The highest BCUT2D eigenvalue weighted by Gasteiger charge is 2.27. The summed E-state index contributed by atoms with van der Waals surface area (Å²) < 4.78 is 0. The van der Waals surface area contributed by atoms with Crippen molar-refractivity contribution in [2.75, 3.05) is 0 Å². The molecule has 3 nitrogen and oxygen atoms in total. The summed E-state index contributed by atoms with van der Waals surface area (Å²) in [5, 5.41) is 12.8. The number of carbonyl (C=O) groups excluding carboxylic acids is 1. The molecular formula is C13H13Cl2NO2. The van der Waals surface area contributed by atoms with E-state index >= 15 is 0 Å². The van der Waals surface area contributed by atoms with Crippen LogP contribution >= 0.6 is 23.2 Å². The first-order valence-electron chi connectivity index (χ1n) is 5.67. The van der Waals surface area contributed by atoms with Crippen LogP contribution in [0.4, 0.5) is 0 Å². The Morgan fingerprint density at radius 2 is 2.11 bits per heavy atom. The summed E-state index contributed by atoms with van der Waals surface area (Å²) in [7, 11) is 0. The molecule has 0 radical (unpaired) electrons. The van der Waals surface area contributed by atoms with Crippen molar-refractivity contribution in [2.45, 2.75) is 25.0 Å². The molecule has 0 heterocycles. The Bertz CT molecular complexity index is 482. The van der Waals surface area contributed by atoms with E-state index in [9.17, 15) is 4.79 Å². The minimum absolute atomic E-state index is 0.0759. The van der Waals surface area contributed by atoms with E-state index in [1.165, 1.54) is 6.08 Å². The first-order valence-corrected chi connectivity index (χ1v) is 6.42. The van der Waals surface area contributed by atoms with Crippen molar-refractivity contribution < 1.29 is 9.90 Å². The summed E-state index contributed by atoms with van der Waals surface area (Å²) >= 11 is 11.9. The highest BCUT2D eigenvalue weighted by atomic mass is 35.5. The number of aliphatic hydroxyl groups is 1. The van der Waals surface area contributed by atoms with Gasteiger partial charge >= 0.3 is 0 Å². The van der Waals surface area contributed by atoms with Gasteiger partial charge in [-0.1, -0.05) is 35.3 Å². The topological polar surface area (TPSA) is 49.3 Å².